The first-order valence-electron chi connectivity index (χ1n) is 10.1. The van der Waals surface area contributed by atoms with Crippen LogP contribution in [0.2, 0.25) is 0 Å². The maximum absolute atomic E-state index is 13.7. The highest BCUT2D eigenvalue weighted by molar-refractivity contribution is 7.89. The molecular formula is C23H27N3O3S. The van der Waals surface area contributed by atoms with Crippen molar-refractivity contribution in [3.63, 3.8) is 0 Å². The van der Waals surface area contributed by atoms with Gasteiger partial charge in [-0.3, -0.25) is 4.79 Å². The molecule has 0 aliphatic carbocycles. The SMILES string of the molecule is CCS(=O)(=O)N1CCC(C(=O)N(C)Cc2cccc(C#N)c2)(c2ccccc2)CC1. The van der Waals surface area contributed by atoms with Crippen molar-refractivity contribution in [2.75, 3.05) is 25.9 Å². The normalized spacial score (nSPS) is 16.6. The zero-order valence-corrected chi connectivity index (χ0v) is 18.2. The lowest BCUT2D eigenvalue weighted by atomic mass is 9.72. The molecular weight excluding hydrogens is 398 g/mol. The Bertz CT molecular complexity index is 1040. The Hall–Kier alpha value is -2.69. The molecule has 0 unspecified atom stereocenters. The van der Waals surface area contributed by atoms with Gasteiger partial charge in [-0.05, 0) is 43.0 Å². The number of hydrogen-bond acceptors (Lipinski definition) is 4. The lowest BCUT2D eigenvalue weighted by Crippen LogP contribution is -2.53. The second-order valence-corrected chi connectivity index (χ2v) is 9.98. The van der Waals surface area contributed by atoms with E-state index in [9.17, 15) is 13.2 Å². The molecule has 30 heavy (non-hydrogen) atoms. The number of carbonyl (C=O) groups excluding carboxylic acids is 1. The van der Waals surface area contributed by atoms with E-state index in [1.807, 2.05) is 42.5 Å². The zero-order valence-electron chi connectivity index (χ0n) is 17.4. The minimum atomic E-state index is -3.28. The van der Waals surface area contributed by atoms with Gasteiger partial charge in [0.15, 0.2) is 0 Å². The van der Waals surface area contributed by atoms with Crippen LogP contribution in [0.15, 0.2) is 54.6 Å². The Labute approximate surface area is 178 Å². The molecule has 2 aromatic rings. The minimum Gasteiger partial charge on any atom is -0.341 e. The van der Waals surface area contributed by atoms with Gasteiger partial charge in [-0.2, -0.15) is 5.26 Å². The van der Waals surface area contributed by atoms with E-state index in [-0.39, 0.29) is 11.7 Å². The second-order valence-electron chi connectivity index (χ2n) is 7.72. The highest BCUT2D eigenvalue weighted by atomic mass is 32.2. The van der Waals surface area contributed by atoms with E-state index in [1.54, 1.807) is 31.0 Å². The van der Waals surface area contributed by atoms with E-state index < -0.39 is 15.4 Å². The van der Waals surface area contributed by atoms with Crippen LogP contribution in [0.1, 0.15) is 36.5 Å². The molecule has 0 N–H and O–H groups in total. The van der Waals surface area contributed by atoms with Crippen molar-refractivity contribution in [2.45, 2.75) is 31.7 Å². The highest BCUT2D eigenvalue weighted by Gasteiger charge is 2.45. The van der Waals surface area contributed by atoms with E-state index in [2.05, 4.69) is 6.07 Å². The van der Waals surface area contributed by atoms with Gasteiger partial charge in [-0.1, -0.05) is 42.5 Å². The van der Waals surface area contributed by atoms with Gasteiger partial charge >= 0.3 is 0 Å². The van der Waals surface area contributed by atoms with Crippen LogP contribution >= 0.6 is 0 Å². The fourth-order valence-electron chi connectivity index (χ4n) is 4.16. The number of nitrogens with zero attached hydrogens (tertiary/aromatic N) is 3. The Morgan fingerprint density at radius 2 is 1.80 bits per heavy atom. The third-order valence-electron chi connectivity index (χ3n) is 5.89. The lowest BCUT2D eigenvalue weighted by Gasteiger charge is -2.42. The molecule has 3 rings (SSSR count). The van der Waals surface area contributed by atoms with Crippen LogP contribution < -0.4 is 0 Å². The van der Waals surface area contributed by atoms with Gasteiger partial charge < -0.3 is 4.90 Å². The summed E-state index contributed by atoms with van der Waals surface area (Å²) in [4.78, 5) is 15.4. The van der Waals surface area contributed by atoms with Gasteiger partial charge in [0.25, 0.3) is 0 Å². The summed E-state index contributed by atoms with van der Waals surface area (Å²) in [6, 6.07) is 19.0. The summed E-state index contributed by atoms with van der Waals surface area (Å²) in [6.45, 7) is 2.69. The second kappa shape index (κ2) is 8.99. The molecule has 0 bridgehead atoms. The van der Waals surface area contributed by atoms with Crippen LogP contribution in [0.3, 0.4) is 0 Å². The van der Waals surface area contributed by atoms with Crippen LogP contribution in [0, 0.1) is 11.3 Å². The molecule has 158 valence electrons. The maximum Gasteiger partial charge on any atom is 0.233 e. The number of piperidine rings is 1. The quantitative estimate of drug-likeness (QED) is 0.713. The summed E-state index contributed by atoms with van der Waals surface area (Å²) < 4.78 is 26.1. The van der Waals surface area contributed by atoms with Crippen molar-refractivity contribution < 1.29 is 13.2 Å². The molecule has 2 aromatic carbocycles. The summed E-state index contributed by atoms with van der Waals surface area (Å²) in [5, 5.41) is 9.13. The first kappa shape index (κ1) is 22.0. The number of rotatable bonds is 6. The molecule has 1 aliphatic rings. The first-order valence-corrected chi connectivity index (χ1v) is 11.7. The molecule has 1 heterocycles. The van der Waals surface area contributed by atoms with Gasteiger partial charge in [0.1, 0.15) is 0 Å². The van der Waals surface area contributed by atoms with Crippen molar-refractivity contribution in [3.8, 4) is 6.07 Å². The third kappa shape index (κ3) is 4.40. The van der Waals surface area contributed by atoms with Crippen molar-refractivity contribution in [1.82, 2.24) is 9.21 Å². The van der Waals surface area contributed by atoms with Gasteiger partial charge in [0, 0.05) is 26.7 Å². The summed E-state index contributed by atoms with van der Waals surface area (Å²) in [6.07, 6.45) is 0.884. The van der Waals surface area contributed by atoms with Gasteiger partial charge in [0.05, 0.1) is 22.8 Å². The van der Waals surface area contributed by atoms with Crippen molar-refractivity contribution in [2.24, 2.45) is 0 Å². The molecule has 1 amide bonds. The molecule has 7 heteroatoms. The molecule has 0 radical (unpaired) electrons. The fourth-order valence-corrected chi connectivity index (χ4v) is 5.27. The Morgan fingerprint density at radius 3 is 2.40 bits per heavy atom. The number of hydrogen-bond donors (Lipinski definition) is 0. The average Bonchev–Trinajstić information content (AvgIpc) is 2.79. The molecule has 0 spiro atoms. The summed E-state index contributed by atoms with van der Waals surface area (Å²) in [5.74, 6) is 0.0404. The van der Waals surface area contributed by atoms with Crippen LogP contribution in [-0.4, -0.2) is 49.4 Å². The topological polar surface area (TPSA) is 81.5 Å². The summed E-state index contributed by atoms with van der Waals surface area (Å²) >= 11 is 0. The van der Waals surface area contributed by atoms with E-state index in [0.29, 0.717) is 38.0 Å². The molecule has 1 fully saturated rings. The number of amides is 1. The molecule has 1 aliphatic heterocycles. The number of carbonyl (C=O) groups is 1. The van der Waals surface area contributed by atoms with Gasteiger partial charge in [-0.25, -0.2) is 12.7 Å². The maximum atomic E-state index is 13.7. The minimum absolute atomic E-state index is 0.0235. The molecule has 0 atom stereocenters. The smallest absolute Gasteiger partial charge is 0.233 e. The summed E-state index contributed by atoms with van der Waals surface area (Å²) in [5.41, 5.74) is 1.60. The standard InChI is InChI=1S/C23H27N3O3S/c1-3-30(28,29)26-14-12-23(13-15-26,21-10-5-4-6-11-21)22(27)25(2)18-20-9-7-8-19(16-20)17-24/h4-11,16H,3,12-15,18H2,1-2H3. The molecule has 1 saturated heterocycles. The third-order valence-corrected chi connectivity index (χ3v) is 7.77. The monoisotopic (exact) mass is 425 g/mol. The number of likely N-dealkylation sites (N-methyl/N-ethyl adjacent to an activating group) is 1. The van der Waals surface area contributed by atoms with Crippen LogP contribution in [-0.2, 0) is 26.8 Å². The number of benzene rings is 2. The van der Waals surface area contributed by atoms with E-state index in [0.717, 1.165) is 11.1 Å². The van der Waals surface area contributed by atoms with Gasteiger partial charge in [0.2, 0.25) is 15.9 Å². The molecule has 0 saturated carbocycles. The van der Waals surface area contributed by atoms with E-state index >= 15 is 0 Å². The van der Waals surface area contributed by atoms with Crippen LogP contribution in [0.5, 0.6) is 0 Å². The molecule has 6 nitrogen and oxygen atoms in total. The zero-order chi connectivity index (χ0) is 21.8. The van der Waals surface area contributed by atoms with Gasteiger partial charge in [-0.15, -0.1) is 0 Å². The predicted octanol–water partition coefficient (Wildman–Crippen LogP) is 2.90. The number of nitriles is 1. The van der Waals surface area contributed by atoms with Crippen molar-refractivity contribution in [3.05, 3.63) is 71.3 Å². The highest BCUT2D eigenvalue weighted by Crippen LogP contribution is 2.38. The fraction of sp³-hybridized carbons (Fsp3) is 0.391. The summed E-state index contributed by atoms with van der Waals surface area (Å²) in [7, 11) is -1.51. The Balaban J connectivity index is 1.88. The Kier molecular flexibility index (Phi) is 6.59. The Morgan fingerprint density at radius 1 is 1.13 bits per heavy atom. The van der Waals surface area contributed by atoms with Crippen molar-refractivity contribution >= 4 is 15.9 Å². The van der Waals surface area contributed by atoms with Crippen molar-refractivity contribution in [1.29, 1.82) is 5.26 Å². The van der Waals surface area contributed by atoms with Crippen LogP contribution in [0.25, 0.3) is 0 Å². The number of sulfonamides is 1. The van der Waals surface area contributed by atoms with Crippen LogP contribution in [0.4, 0.5) is 0 Å². The average molecular weight is 426 g/mol. The largest absolute Gasteiger partial charge is 0.341 e. The van der Waals surface area contributed by atoms with E-state index in [4.69, 9.17) is 5.26 Å². The lowest BCUT2D eigenvalue weighted by molar-refractivity contribution is -0.138. The predicted molar refractivity (Wildman–Crippen MR) is 116 cm³/mol. The van der Waals surface area contributed by atoms with E-state index in [1.165, 1.54) is 4.31 Å². The first-order chi connectivity index (χ1) is 14.3. The molecule has 0 aromatic heterocycles.